The summed E-state index contributed by atoms with van der Waals surface area (Å²) in [5.74, 6) is -0.758. The number of hydrogen-bond donors (Lipinski definition) is 2. The summed E-state index contributed by atoms with van der Waals surface area (Å²) in [6.07, 6.45) is 2.37. The van der Waals surface area contributed by atoms with Crippen molar-refractivity contribution >= 4 is 56.6 Å². The van der Waals surface area contributed by atoms with E-state index in [-0.39, 0.29) is 36.6 Å². The molecule has 0 aliphatic carbocycles. The summed E-state index contributed by atoms with van der Waals surface area (Å²) in [5, 5.41) is 7.20. The molecule has 176 valence electrons. The number of rotatable bonds is 7. The first-order chi connectivity index (χ1) is 16.4. The molecule has 0 saturated carbocycles. The molecule has 0 fully saturated rings. The van der Waals surface area contributed by atoms with Crippen LogP contribution in [0.5, 0.6) is 0 Å². The Bertz CT molecular complexity index is 1260. The lowest BCUT2D eigenvalue weighted by Crippen LogP contribution is -2.55. The van der Waals surface area contributed by atoms with Crippen LogP contribution in [0.1, 0.15) is 23.9 Å². The minimum absolute atomic E-state index is 0.221. The second-order valence-corrected chi connectivity index (χ2v) is 9.64. The van der Waals surface area contributed by atoms with Gasteiger partial charge in [-0.1, -0.05) is 43.3 Å². The minimum atomic E-state index is -0.788. The molecule has 3 amide bonds. The molecule has 9 heteroatoms. The van der Waals surface area contributed by atoms with Gasteiger partial charge in [0.25, 0.3) is 0 Å². The molecule has 1 aliphatic rings. The van der Waals surface area contributed by atoms with Crippen LogP contribution in [0.2, 0.25) is 5.02 Å². The highest BCUT2D eigenvalue weighted by Gasteiger charge is 2.31. The molecule has 34 heavy (non-hydrogen) atoms. The van der Waals surface area contributed by atoms with Gasteiger partial charge in [0.15, 0.2) is 0 Å². The van der Waals surface area contributed by atoms with Gasteiger partial charge < -0.3 is 15.5 Å². The molecular formula is C25H25ClN4O3S. The summed E-state index contributed by atoms with van der Waals surface area (Å²) in [4.78, 5) is 44.1. The van der Waals surface area contributed by atoms with Crippen LogP contribution in [0.3, 0.4) is 0 Å². The van der Waals surface area contributed by atoms with Gasteiger partial charge in [0, 0.05) is 30.1 Å². The second kappa shape index (κ2) is 10.4. The number of benzene rings is 2. The molecule has 0 radical (unpaired) electrons. The summed E-state index contributed by atoms with van der Waals surface area (Å²) in [5.41, 5.74) is 2.58. The van der Waals surface area contributed by atoms with E-state index in [9.17, 15) is 14.4 Å². The Balaban J connectivity index is 1.53. The maximum atomic E-state index is 13.3. The van der Waals surface area contributed by atoms with E-state index in [0.29, 0.717) is 18.0 Å². The first-order valence-corrected chi connectivity index (χ1v) is 12.2. The lowest BCUT2D eigenvalue weighted by Gasteiger charge is -2.35. The number of anilines is 1. The van der Waals surface area contributed by atoms with E-state index < -0.39 is 6.04 Å². The summed E-state index contributed by atoms with van der Waals surface area (Å²) in [6.45, 7) is 5.65. The Hall–Kier alpha value is -3.23. The molecule has 3 aromatic rings. The number of aromatic nitrogens is 1. The van der Waals surface area contributed by atoms with E-state index in [2.05, 4.69) is 22.2 Å². The zero-order valence-corrected chi connectivity index (χ0v) is 20.3. The van der Waals surface area contributed by atoms with E-state index in [1.165, 1.54) is 17.4 Å². The summed E-state index contributed by atoms with van der Waals surface area (Å²) >= 11 is 7.53. The van der Waals surface area contributed by atoms with Gasteiger partial charge in [-0.3, -0.25) is 14.4 Å². The molecule has 7 nitrogen and oxygen atoms in total. The fourth-order valence-electron chi connectivity index (χ4n) is 4.03. The average Bonchev–Trinajstić information content (AvgIpc) is 3.23. The van der Waals surface area contributed by atoms with E-state index in [0.717, 1.165) is 26.5 Å². The number of carbonyl (C=O) groups excluding carboxylic acids is 3. The predicted molar refractivity (Wildman–Crippen MR) is 135 cm³/mol. The molecule has 0 spiro atoms. The van der Waals surface area contributed by atoms with Crippen LogP contribution in [0, 0.1) is 0 Å². The van der Waals surface area contributed by atoms with Gasteiger partial charge in [0.05, 0.1) is 21.3 Å². The Morgan fingerprint density at radius 3 is 2.85 bits per heavy atom. The van der Waals surface area contributed by atoms with Crippen molar-refractivity contribution in [3.8, 4) is 0 Å². The first kappa shape index (κ1) is 23.9. The third-order valence-electron chi connectivity index (χ3n) is 5.69. The van der Waals surface area contributed by atoms with Gasteiger partial charge in [-0.15, -0.1) is 11.3 Å². The number of halogens is 1. The smallest absolute Gasteiger partial charge is 0.250 e. The standard InChI is InChI=1S/C25H25ClN4O3S/c1-3-22(31)28-19(13-23-29-18-10-9-16(26)12-21(18)34-23)25(33)27-17-11-15-7-5-6-8-20(15)30(14-17)24(32)4-2/h4-10,12,17,19H,2-3,11,13-14H2,1H3,(H,27,33)(H,28,31)/t17-,19-/m0/s1. The fourth-order valence-corrected chi connectivity index (χ4v) is 5.32. The van der Waals surface area contributed by atoms with Crippen molar-refractivity contribution in [2.24, 2.45) is 0 Å². The lowest BCUT2D eigenvalue weighted by atomic mass is 9.97. The average molecular weight is 497 g/mol. The number of amides is 3. The van der Waals surface area contributed by atoms with Crippen molar-refractivity contribution in [1.82, 2.24) is 15.6 Å². The molecule has 2 aromatic carbocycles. The van der Waals surface area contributed by atoms with Gasteiger partial charge in [0.2, 0.25) is 17.7 Å². The molecule has 0 bridgehead atoms. The molecule has 2 heterocycles. The molecule has 4 rings (SSSR count). The first-order valence-electron chi connectivity index (χ1n) is 11.0. The molecule has 2 N–H and O–H groups in total. The van der Waals surface area contributed by atoms with Crippen LogP contribution in [-0.2, 0) is 27.2 Å². The fraction of sp³-hybridized carbons (Fsp3) is 0.280. The van der Waals surface area contributed by atoms with Gasteiger partial charge >= 0.3 is 0 Å². The maximum Gasteiger partial charge on any atom is 0.250 e. The Labute approximate surface area is 206 Å². The highest BCUT2D eigenvalue weighted by molar-refractivity contribution is 7.18. The largest absolute Gasteiger partial charge is 0.349 e. The van der Waals surface area contributed by atoms with Crippen LogP contribution >= 0.6 is 22.9 Å². The van der Waals surface area contributed by atoms with Crippen LogP contribution in [0.4, 0.5) is 5.69 Å². The Morgan fingerprint density at radius 1 is 1.29 bits per heavy atom. The number of hydrogen-bond acceptors (Lipinski definition) is 5. The van der Waals surface area contributed by atoms with Crippen LogP contribution in [0.25, 0.3) is 10.2 Å². The van der Waals surface area contributed by atoms with Crippen LogP contribution < -0.4 is 15.5 Å². The minimum Gasteiger partial charge on any atom is -0.349 e. The van der Waals surface area contributed by atoms with E-state index in [1.54, 1.807) is 17.9 Å². The number of nitrogens with one attached hydrogen (secondary N) is 2. The van der Waals surface area contributed by atoms with Gasteiger partial charge in [0.1, 0.15) is 6.04 Å². The molecule has 0 saturated heterocycles. The topological polar surface area (TPSA) is 91.4 Å². The normalized spacial score (nSPS) is 15.9. The SMILES string of the molecule is C=CC(=O)N1C[C@@H](NC(=O)[C@H](Cc2nc3ccc(Cl)cc3s2)NC(=O)CC)Cc2ccccc21. The third-order valence-corrected chi connectivity index (χ3v) is 6.96. The zero-order chi connectivity index (χ0) is 24.2. The van der Waals surface area contributed by atoms with Crippen molar-refractivity contribution in [3.63, 3.8) is 0 Å². The highest BCUT2D eigenvalue weighted by Crippen LogP contribution is 2.28. The van der Waals surface area contributed by atoms with Crippen molar-refractivity contribution in [2.45, 2.75) is 38.3 Å². The molecule has 2 atom stereocenters. The third kappa shape index (κ3) is 5.29. The summed E-state index contributed by atoms with van der Waals surface area (Å²) in [6, 6.07) is 12.0. The van der Waals surface area contributed by atoms with Crippen molar-refractivity contribution in [1.29, 1.82) is 0 Å². The Morgan fingerprint density at radius 2 is 2.09 bits per heavy atom. The van der Waals surface area contributed by atoms with Crippen molar-refractivity contribution in [3.05, 3.63) is 70.7 Å². The molecule has 1 aliphatic heterocycles. The number of carbonyl (C=O) groups is 3. The maximum absolute atomic E-state index is 13.3. The van der Waals surface area contributed by atoms with E-state index >= 15 is 0 Å². The van der Waals surface area contributed by atoms with Crippen LogP contribution in [0.15, 0.2) is 55.1 Å². The highest BCUT2D eigenvalue weighted by atomic mass is 35.5. The van der Waals surface area contributed by atoms with Gasteiger partial charge in [-0.25, -0.2) is 4.98 Å². The van der Waals surface area contributed by atoms with E-state index in [4.69, 9.17) is 11.6 Å². The summed E-state index contributed by atoms with van der Waals surface area (Å²) < 4.78 is 0.922. The Kier molecular flexibility index (Phi) is 7.29. The number of fused-ring (bicyclic) bond motifs is 2. The molecule has 1 aromatic heterocycles. The quantitative estimate of drug-likeness (QED) is 0.488. The van der Waals surface area contributed by atoms with Crippen molar-refractivity contribution in [2.75, 3.05) is 11.4 Å². The lowest BCUT2D eigenvalue weighted by molar-refractivity contribution is -0.129. The van der Waals surface area contributed by atoms with Gasteiger partial charge in [-0.05, 0) is 42.3 Å². The second-order valence-electron chi connectivity index (χ2n) is 8.09. The number of thiazole rings is 1. The molecule has 0 unspecified atom stereocenters. The monoisotopic (exact) mass is 496 g/mol. The van der Waals surface area contributed by atoms with Gasteiger partial charge in [-0.2, -0.15) is 0 Å². The number of nitrogens with zero attached hydrogens (tertiary/aromatic N) is 2. The predicted octanol–water partition coefficient (Wildman–Crippen LogP) is 3.65. The van der Waals surface area contributed by atoms with Crippen LogP contribution in [-0.4, -0.2) is 41.3 Å². The number of para-hydroxylation sites is 1. The van der Waals surface area contributed by atoms with E-state index in [1.807, 2.05) is 36.4 Å². The molecular weight excluding hydrogens is 472 g/mol. The zero-order valence-electron chi connectivity index (χ0n) is 18.7. The summed E-state index contributed by atoms with van der Waals surface area (Å²) in [7, 11) is 0. The van der Waals surface area contributed by atoms with Crippen molar-refractivity contribution < 1.29 is 14.4 Å².